The third kappa shape index (κ3) is 11.0. The summed E-state index contributed by atoms with van der Waals surface area (Å²) in [5.74, 6) is -0.105. The molecule has 0 amide bonds. The van der Waals surface area contributed by atoms with E-state index in [0.717, 1.165) is 48.7 Å². The van der Waals surface area contributed by atoms with Gasteiger partial charge in [0, 0.05) is 23.0 Å². The highest BCUT2D eigenvalue weighted by molar-refractivity contribution is 6.11. The number of allylic oxidation sites excluding steroid dienone is 7. The molecule has 1 aromatic carbocycles. The second kappa shape index (κ2) is 15.3. The van der Waals surface area contributed by atoms with Crippen molar-refractivity contribution in [1.82, 2.24) is 5.32 Å². The van der Waals surface area contributed by atoms with E-state index in [1.807, 2.05) is 26.0 Å². The molecule has 0 aliphatic heterocycles. The number of rotatable bonds is 8. The largest absolute Gasteiger partial charge is 0.382 e. The van der Waals surface area contributed by atoms with E-state index >= 15 is 0 Å². The zero-order valence-corrected chi connectivity index (χ0v) is 22.8. The number of nitrogens with zero attached hydrogens (tertiary/aromatic N) is 1. The first-order valence-corrected chi connectivity index (χ1v) is 12.6. The molecule has 0 aromatic heterocycles. The number of benzene rings is 1. The van der Waals surface area contributed by atoms with E-state index in [-0.39, 0.29) is 5.56 Å². The second-order valence-corrected chi connectivity index (χ2v) is 9.69. The summed E-state index contributed by atoms with van der Waals surface area (Å²) in [6.07, 6.45) is 11.8. The van der Waals surface area contributed by atoms with Crippen LogP contribution in [0.25, 0.3) is 5.70 Å². The van der Waals surface area contributed by atoms with Crippen molar-refractivity contribution < 1.29 is 8.78 Å². The fourth-order valence-corrected chi connectivity index (χ4v) is 3.83. The molecule has 1 N–H and O–H groups in total. The average molecular weight is 483 g/mol. The predicted molar refractivity (Wildman–Crippen MR) is 149 cm³/mol. The predicted octanol–water partition coefficient (Wildman–Crippen LogP) is 9.33. The van der Waals surface area contributed by atoms with Gasteiger partial charge in [-0.25, -0.2) is 8.78 Å². The standard InChI is InChI=1S/C16H25N.C15H19F2N/c1-8-10-16(17-13(5)6)15(12(3)4)11-14(7)9-2;1-10-3-6-13(7-4-10)18-11(2)14-9-12(16)5-8-15(14)17/h8,10-11H,5,9H2,1-4,6-7H3;5,8-10,13,18H,2-4,6-7H2,1H3/b10-8-,14-11-,17-16?;. The number of nitrogens with one attached hydrogen (secondary N) is 1. The van der Waals surface area contributed by atoms with Crippen molar-refractivity contribution in [2.75, 3.05) is 0 Å². The molecule has 0 spiro atoms. The van der Waals surface area contributed by atoms with E-state index in [1.54, 1.807) is 0 Å². The summed E-state index contributed by atoms with van der Waals surface area (Å²) < 4.78 is 26.7. The highest BCUT2D eigenvalue weighted by Gasteiger charge is 2.19. The number of aliphatic imine (C=N–C) groups is 1. The maximum atomic E-state index is 13.6. The van der Waals surface area contributed by atoms with Gasteiger partial charge in [0.25, 0.3) is 0 Å². The van der Waals surface area contributed by atoms with Gasteiger partial charge in [-0.15, -0.1) is 0 Å². The molecule has 0 unspecified atom stereocenters. The first-order chi connectivity index (χ1) is 16.5. The Morgan fingerprint density at radius 2 is 1.71 bits per heavy atom. The SMILES string of the molecule is C=C(C)N=C(/C=C\C)C(/C=C(/C)CC)=C(C)C.C=C(NC1CCC(C)CC1)c1cc(F)ccc1F. The molecule has 1 aliphatic carbocycles. The Bertz CT molecular complexity index is 983. The summed E-state index contributed by atoms with van der Waals surface area (Å²) >= 11 is 0. The molecule has 1 aliphatic rings. The zero-order chi connectivity index (χ0) is 26.5. The van der Waals surface area contributed by atoms with E-state index in [2.05, 4.69) is 64.2 Å². The highest BCUT2D eigenvalue weighted by Crippen LogP contribution is 2.26. The third-order valence-corrected chi connectivity index (χ3v) is 6.05. The van der Waals surface area contributed by atoms with Crippen LogP contribution in [0.2, 0.25) is 0 Å². The van der Waals surface area contributed by atoms with Crippen molar-refractivity contribution >= 4 is 11.4 Å². The maximum absolute atomic E-state index is 13.6. The quantitative estimate of drug-likeness (QED) is 0.290. The van der Waals surface area contributed by atoms with Gasteiger partial charge in [0.15, 0.2) is 0 Å². The molecule has 192 valence electrons. The van der Waals surface area contributed by atoms with Crippen LogP contribution >= 0.6 is 0 Å². The lowest BCUT2D eigenvalue weighted by molar-refractivity contribution is 0.328. The van der Waals surface area contributed by atoms with Crippen molar-refractivity contribution in [3.05, 3.63) is 89.2 Å². The minimum absolute atomic E-state index is 0.230. The summed E-state index contributed by atoms with van der Waals surface area (Å²) in [7, 11) is 0. The average Bonchev–Trinajstić information content (AvgIpc) is 2.80. The number of hydrogen-bond donors (Lipinski definition) is 1. The normalized spacial score (nSPS) is 18.5. The van der Waals surface area contributed by atoms with Crippen molar-refractivity contribution in [3.8, 4) is 0 Å². The van der Waals surface area contributed by atoms with Gasteiger partial charge in [-0.1, -0.05) is 50.3 Å². The summed E-state index contributed by atoms with van der Waals surface area (Å²) in [5, 5.41) is 3.22. The summed E-state index contributed by atoms with van der Waals surface area (Å²) in [6.45, 7) is 22.4. The van der Waals surface area contributed by atoms with Gasteiger partial charge in [-0.05, 0) is 102 Å². The molecular formula is C31H44F2N2. The molecule has 0 radical (unpaired) electrons. The van der Waals surface area contributed by atoms with Crippen LogP contribution in [0, 0.1) is 17.6 Å². The zero-order valence-electron chi connectivity index (χ0n) is 22.8. The van der Waals surface area contributed by atoms with Crippen LogP contribution in [-0.4, -0.2) is 11.8 Å². The lowest BCUT2D eigenvalue weighted by Gasteiger charge is -2.28. The molecule has 0 saturated heterocycles. The van der Waals surface area contributed by atoms with Crippen LogP contribution in [0.15, 0.2) is 77.0 Å². The molecule has 0 heterocycles. The third-order valence-electron chi connectivity index (χ3n) is 6.05. The van der Waals surface area contributed by atoms with Gasteiger partial charge in [-0.2, -0.15) is 0 Å². The van der Waals surface area contributed by atoms with Crippen molar-refractivity contribution in [3.63, 3.8) is 0 Å². The first kappa shape index (κ1) is 30.3. The molecule has 4 heteroatoms. The van der Waals surface area contributed by atoms with Gasteiger partial charge in [0.05, 0.1) is 5.71 Å². The van der Waals surface area contributed by atoms with Crippen molar-refractivity contribution in [2.24, 2.45) is 10.9 Å². The monoisotopic (exact) mass is 482 g/mol. The van der Waals surface area contributed by atoms with E-state index in [1.165, 1.54) is 35.6 Å². The van der Waals surface area contributed by atoms with Crippen LogP contribution in [0.3, 0.4) is 0 Å². The molecule has 0 atom stereocenters. The lowest BCUT2D eigenvalue weighted by atomic mass is 9.87. The Morgan fingerprint density at radius 3 is 2.23 bits per heavy atom. The summed E-state index contributed by atoms with van der Waals surface area (Å²) in [5.41, 5.74) is 6.37. The molecular weight excluding hydrogens is 438 g/mol. The van der Waals surface area contributed by atoms with E-state index < -0.39 is 11.6 Å². The lowest BCUT2D eigenvalue weighted by Crippen LogP contribution is -2.31. The summed E-state index contributed by atoms with van der Waals surface area (Å²) in [4.78, 5) is 4.51. The van der Waals surface area contributed by atoms with Crippen LogP contribution in [-0.2, 0) is 0 Å². The van der Waals surface area contributed by atoms with E-state index in [0.29, 0.717) is 11.7 Å². The molecule has 35 heavy (non-hydrogen) atoms. The Balaban J connectivity index is 0.000000351. The van der Waals surface area contributed by atoms with Crippen LogP contribution in [0.5, 0.6) is 0 Å². The molecule has 1 fully saturated rings. The van der Waals surface area contributed by atoms with Crippen LogP contribution in [0.1, 0.15) is 86.1 Å². The molecule has 2 nitrogen and oxygen atoms in total. The molecule has 1 aromatic rings. The molecule has 1 saturated carbocycles. The minimum atomic E-state index is -0.438. The maximum Gasteiger partial charge on any atom is 0.132 e. The van der Waals surface area contributed by atoms with Crippen molar-refractivity contribution in [2.45, 2.75) is 86.6 Å². The van der Waals surface area contributed by atoms with Crippen LogP contribution < -0.4 is 5.32 Å². The minimum Gasteiger partial charge on any atom is -0.382 e. The van der Waals surface area contributed by atoms with E-state index in [9.17, 15) is 8.78 Å². The van der Waals surface area contributed by atoms with Gasteiger partial charge < -0.3 is 5.32 Å². The van der Waals surface area contributed by atoms with Crippen LogP contribution in [0.4, 0.5) is 8.78 Å². The highest BCUT2D eigenvalue weighted by atomic mass is 19.1. The number of hydrogen-bond acceptors (Lipinski definition) is 2. The molecule has 0 bridgehead atoms. The second-order valence-electron chi connectivity index (χ2n) is 9.69. The fourth-order valence-electron chi connectivity index (χ4n) is 3.83. The number of halogens is 2. The van der Waals surface area contributed by atoms with E-state index in [4.69, 9.17) is 0 Å². The van der Waals surface area contributed by atoms with Gasteiger partial charge in [-0.3, -0.25) is 4.99 Å². The Kier molecular flexibility index (Phi) is 13.2. The Labute approximate surface area is 212 Å². The molecule has 2 rings (SSSR count). The van der Waals surface area contributed by atoms with Crippen molar-refractivity contribution in [1.29, 1.82) is 0 Å². The van der Waals surface area contributed by atoms with Gasteiger partial charge >= 0.3 is 0 Å². The fraction of sp³-hybridized carbons (Fsp3) is 0.452. The van der Waals surface area contributed by atoms with Gasteiger partial charge in [0.1, 0.15) is 11.6 Å². The Hall–Kier alpha value is -2.75. The smallest absolute Gasteiger partial charge is 0.132 e. The summed E-state index contributed by atoms with van der Waals surface area (Å²) in [6, 6.07) is 3.78. The first-order valence-electron chi connectivity index (χ1n) is 12.6. The van der Waals surface area contributed by atoms with Gasteiger partial charge in [0.2, 0.25) is 0 Å². The Morgan fingerprint density at radius 1 is 1.09 bits per heavy atom. The topological polar surface area (TPSA) is 24.4 Å².